The number of terminal acetylenes is 1. The van der Waals surface area contributed by atoms with Gasteiger partial charge in [0.15, 0.2) is 12.4 Å². The van der Waals surface area contributed by atoms with Crippen molar-refractivity contribution < 1.29 is 23.0 Å². The fourth-order valence-corrected chi connectivity index (χ4v) is 3.99. The summed E-state index contributed by atoms with van der Waals surface area (Å²) in [6, 6.07) is 4.00. The van der Waals surface area contributed by atoms with Crippen LogP contribution in [0.3, 0.4) is 0 Å². The number of amidine groups is 1. The molecule has 1 aromatic heterocycles. The predicted octanol–water partition coefficient (Wildman–Crippen LogP) is 2.34. The second-order valence-corrected chi connectivity index (χ2v) is 7.54. The van der Waals surface area contributed by atoms with Crippen LogP contribution in [-0.2, 0) is 16.7 Å². The van der Waals surface area contributed by atoms with Crippen molar-refractivity contribution in [1.82, 2.24) is 9.97 Å². The Morgan fingerprint density at radius 1 is 1.45 bits per heavy atom. The smallest absolute Gasteiger partial charge is 0.283 e. The van der Waals surface area contributed by atoms with Gasteiger partial charge in [0.1, 0.15) is 29.3 Å². The number of ketones is 1. The van der Waals surface area contributed by atoms with Crippen molar-refractivity contribution >= 4 is 11.8 Å². The van der Waals surface area contributed by atoms with Gasteiger partial charge in [0.2, 0.25) is 5.88 Å². The minimum absolute atomic E-state index is 0.0367. The highest BCUT2D eigenvalue weighted by molar-refractivity contribution is 5.95. The minimum Gasteiger partial charge on any atom is -0.463 e. The molecule has 2 heterocycles. The van der Waals surface area contributed by atoms with Crippen molar-refractivity contribution in [1.29, 1.82) is 0 Å². The number of aromatic nitrogens is 2. The Morgan fingerprint density at radius 2 is 2.26 bits per heavy atom. The second-order valence-electron chi connectivity index (χ2n) is 7.54. The third kappa shape index (κ3) is 3.81. The topological polar surface area (TPSA) is 99.7 Å². The van der Waals surface area contributed by atoms with Crippen LogP contribution in [0.5, 0.6) is 5.88 Å². The molecule has 0 amide bonds. The van der Waals surface area contributed by atoms with Gasteiger partial charge in [-0.25, -0.2) is 23.7 Å². The average molecular weight is 426 g/mol. The zero-order chi connectivity index (χ0) is 22.2. The number of alkyl halides is 1. The molecule has 160 valence electrons. The number of aliphatic imine (C=N–C) groups is 1. The molecule has 2 aromatic rings. The highest BCUT2D eigenvalue weighted by Crippen LogP contribution is 2.55. The van der Waals surface area contributed by atoms with Crippen LogP contribution in [0, 0.1) is 24.1 Å². The highest BCUT2D eigenvalue weighted by atomic mass is 19.1. The molecule has 1 aliphatic heterocycles. The Balaban J connectivity index is 1.60. The number of hydrogen-bond acceptors (Lipinski definition) is 7. The lowest BCUT2D eigenvalue weighted by Crippen LogP contribution is -2.44. The third-order valence-electron chi connectivity index (χ3n) is 5.52. The number of nitrogens with two attached hydrogens (primary N) is 1. The molecular weight excluding hydrogens is 406 g/mol. The molecular formula is C22H20F2N4O3. The number of rotatable bonds is 7. The first-order chi connectivity index (χ1) is 14.8. The molecule has 7 nitrogen and oxygen atoms in total. The van der Waals surface area contributed by atoms with Crippen molar-refractivity contribution in [2.45, 2.75) is 37.6 Å². The molecule has 1 aliphatic carbocycles. The largest absolute Gasteiger partial charge is 0.463 e. The number of ether oxygens (including phenoxy) is 2. The number of Topliss-reactive ketones (excluding diaryl/α,β-unsaturated/α-hetero) is 1. The summed E-state index contributed by atoms with van der Waals surface area (Å²) in [6.45, 7) is 1.36. The van der Waals surface area contributed by atoms with E-state index in [4.69, 9.17) is 21.6 Å². The molecule has 1 unspecified atom stereocenters. The van der Waals surface area contributed by atoms with E-state index in [1.165, 1.54) is 37.5 Å². The Labute approximate surface area is 177 Å². The van der Waals surface area contributed by atoms with E-state index in [9.17, 15) is 13.6 Å². The normalized spacial score (nSPS) is 24.8. The number of fused-ring (bicyclic) bond motifs is 1. The summed E-state index contributed by atoms with van der Waals surface area (Å²) in [4.78, 5) is 24.9. The Morgan fingerprint density at radius 3 is 2.94 bits per heavy atom. The summed E-state index contributed by atoms with van der Waals surface area (Å²) in [6.07, 6.45) is 6.36. The van der Waals surface area contributed by atoms with Crippen LogP contribution >= 0.6 is 0 Å². The van der Waals surface area contributed by atoms with E-state index in [1.807, 2.05) is 0 Å². The number of halogens is 2. The summed E-state index contributed by atoms with van der Waals surface area (Å²) in [5.41, 5.74) is 4.93. The molecule has 2 aliphatic rings. The fourth-order valence-electron chi connectivity index (χ4n) is 3.99. The summed E-state index contributed by atoms with van der Waals surface area (Å²) >= 11 is 0. The van der Waals surface area contributed by atoms with Crippen LogP contribution < -0.4 is 10.5 Å². The van der Waals surface area contributed by atoms with E-state index in [1.54, 1.807) is 0 Å². The van der Waals surface area contributed by atoms with Gasteiger partial charge in [0, 0.05) is 17.9 Å². The molecule has 9 heteroatoms. The molecule has 0 spiro atoms. The van der Waals surface area contributed by atoms with Gasteiger partial charge in [-0.15, -0.1) is 6.42 Å². The van der Waals surface area contributed by atoms with Crippen molar-refractivity contribution in [3.8, 4) is 18.2 Å². The van der Waals surface area contributed by atoms with E-state index >= 15 is 0 Å². The maximum absolute atomic E-state index is 14.8. The quantitative estimate of drug-likeness (QED) is 0.539. The van der Waals surface area contributed by atoms with Gasteiger partial charge >= 0.3 is 0 Å². The van der Waals surface area contributed by atoms with Crippen LogP contribution in [0.4, 0.5) is 8.78 Å². The minimum atomic E-state index is -1.51. The van der Waals surface area contributed by atoms with E-state index < -0.39 is 17.5 Å². The summed E-state index contributed by atoms with van der Waals surface area (Å²) < 4.78 is 40.2. The first kappa shape index (κ1) is 20.7. The van der Waals surface area contributed by atoms with Crippen LogP contribution in [0.1, 0.15) is 35.0 Å². The summed E-state index contributed by atoms with van der Waals surface area (Å²) in [5.74, 6) is 1.24. The SMILES string of the molecule is C#CCOc1cnc(C(=O)Cc2ccc(F)c([C@@]3(C(C)F)N=C(N)O[C@@H]4C[C@@H]43)c2)cn1. The van der Waals surface area contributed by atoms with E-state index in [0.717, 1.165) is 0 Å². The summed E-state index contributed by atoms with van der Waals surface area (Å²) in [7, 11) is 0. The molecule has 31 heavy (non-hydrogen) atoms. The van der Waals surface area contributed by atoms with Gasteiger partial charge in [-0.05, 0) is 31.0 Å². The molecule has 0 radical (unpaired) electrons. The first-order valence-electron chi connectivity index (χ1n) is 9.71. The molecule has 1 aromatic carbocycles. The third-order valence-corrected chi connectivity index (χ3v) is 5.52. The molecule has 4 atom stereocenters. The lowest BCUT2D eigenvalue weighted by molar-refractivity contribution is 0.0987. The van der Waals surface area contributed by atoms with Crippen LogP contribution in [0.25, 0.3) is 0 Å². The van der Waals surface area contributed by atoms with Crippen molar-refractivity contribution in [3.05, 3.63) is 53.2 Å². The Kier molecular flexibility index (Phi) is 5.31. The number of carbonyl (C=O) groups excluding carboxylic acids is 1. The molecule has 1 fully saturated rings. The number of nitrogens with zero attached hydrogens (tertiary/aromatic N) is 3. The number of benzene rings is 1. The Hall–Kier alpha value is -3.54. The van der Waals surface area contributed by atoms with Gasteiger partial charge < -0.3 is 15.2 Å². The van der Waals surface area contributed by atoms with E-state index in [2.05, 4.69) is 20.9 Å². The zero-order valence-corrected chi connectivity index (χ0v) is 16.7. The lowest BCUT2D eigenvalue weighted by Gasteiger charge is -2.35. The molecule has 2 N–H and O–H groups in total. The van der Waals surface area contributed by atoms with Crippen LogP contribution in [0.2, 0.25) is 0 Å². The molecule has 0 bridgehead atoms. The second kappa shape index (κ2) is 7.95. The van der Waals surface area contributed by atoms with Gasteiger partial charge in [0.05, 0.1) is 12.4 Å². The van der Waals surface area contributed by atoms with Gasteiger partial charge in [-0.3, -0.25) is 4.79 Å². The van der Waals surface area contributed by atoms with Crippen LogP contribution in [-0.4, -0.2) is 40.7 Å². The maximum Gasteiger partial charge on any atom is 0.283 e. The van der Waals surface area contributed by atoms with Crippen molar-refractivity contribution in [2.75, 3.05) is 6.61 Å². The maximum atomic E-state index is 14.8. The van der Waals surface area contributed by atoms with Gasteiger partial charge in [-0.1, -0.05) is 12.0 Å². The fraction of sp³-hybridized carbons (Fsp3) is 0.364. The van der Waals surface area contributed by atoms with E-state index in [-0.39, 0.29) is 54.0 Å². The highest BCUT2D eigenvalue weighted by Gasteiger charge is 2.62. The predicted molar refractivity (Wildman–Crippen MR) is 108 cm³/mol. The lowest BCUT2D eigenvalue weighted by atomic mass is 9.80. The van der Waals surface area contributed by atoms with Gasteiger partial charge in [-0.2, -0.15) is 0 Å². The average Bonchev–Trinajstić information content (AvgIpc) is 3.53. The van der Waals surface area contributed by atoms with Crippen molar-refractivity contribution in [2.24, 2.45) is 16.6 Å². The first-order valence-corrected chi connectivity index (χ1v) is 9.71. The van der Waals surface area contributed by atoms with Crippen molar-refractivity contribution in [3.63, 3.8) is 0 Å². The van der Waals surface area contributed by atoms with Gasteiger partial charge in [0.25, 0.3) is 6.02 Å². The Bertz CT molecular complexity index is 1080. The molecule has 0 saturated heterocycles. The zero-order valence-electron chi connectivity index (χ0n) is 16.7. The molecule has 4 rings (SSSR count). The number of carbonyl (C=O) groups is 1. The molecule has 1 saturated carbocycles. The summed E-state index contributed by atoms with van der Waals surface area (Å²) in [5, 5.41) is 0. The standard InChI is InChI=1S/C22H20F2N4O3/c1-3-6-30-20-11-26-17(10-27-20)18(29)8-13-4-5-16(24)14(7-13)22(12(2)23)15-9-19(15)31-21(25)28-22/h1,4-5,7,10-12,15,19H,6,8-9H2,2H3,(H2,25,28)/t12?,15-,19+,22+/m0/s1. The monoisotopic (exact) mass is 426 g/mol. The van der Waals surface area contributed by atoms with Crippen LogP contribution in [0.15, 0.2) is 35.6 Å². The number of hydrogen-bond donors (Lipinski definition) is 1. The van der Waals surface area contributed by atoms with E-state index in [0.29, 0.717) is 12.0 Å².